The summed E-state index contributed by atoms with van der Waals surface area (Å²) in [4.78, 5) is 10.2. The van der Waals surface area contributed by atoms with Crippen molar-refractivity contribution in [1.29, 1.82) is 0 Å². The molecule has 0 spiro atoms. The van der Waals surface area contributed by atoms with Gasteiger partial charge in [-0.3, -0.25) is 0 Å². The van der Waals surface area contributed by atoms with Gasteiger partial charge in [-0.1, -0.05) is 0 Å². The summed E-state index contributed by atoms with van der Waals surface area (Å²) in [6.07, 6.45) is 0.455. The highest BCUT2D eigenvalue weighted by Gasteiger charge is 2.26. The minimum Gasteiger partial charge on any atom is -0.478 e. The van der Waals surface area contributed by atoms with E-state index in [-0.39, 0.29) is 6.61 Å². The van der Waals surface area contributed by atoms with E-state index in [1.54, 1.807) is 6.92 Å². The maximum absolute atomic E-state index is 10.2. The van der Waals surface area contributed by atoms with Gasteiger partial charge in [-0.25, -0.2) is 4.79 Å². The quantitative estimate of drug-likeness (QED) is 0.584. The number of hydrogen-bond acceptors (Lipinski definition) is 4. The van der Waals surface area contributed by atoms with E-state index in [0.29, 0.717) is 0 Å². The SMILES string of the molecule is C[C@@H]1OCC(O)C(/C=C/C(=O)O)O1. The molecule has 0 aromatic carbocycles. The van der Waals surface area contributed by atoms with Crippen molar-refractivity contribution in [3.8, 4) is 0 Å². The van der Waals surface area contributed by atoms with E-state index >= 15 is 0 Å². The van der Waals surface area contributed by atoms with Gasteiger partial charge in [0.1, 0.15) is 12.2 Å². The van der Waals surface area contributed by atoms with Gasteiger partial charge in [0.05, 0.1) is 6.61 Å². The lowest BCUT2D eigenvalue weighted by Crippen LogP contribution is -2.41. The molecule has 1 rings (SSSR count). The van der Waals surface area contributed by atoms with Gasteiger partial charge >= 0.3 is 5.97 Å². The zero-order valence-corrected chi connectivity index (χ0v) is 7.21. The number of hydrogen-bond donors (Lipinski definition) is 2. The average molecular weight is 188 g/mol. The van der Waals surface area contributed by atoms with E-state index in [4.69, 9.17) is 14.6 Å². The van der Waals surface area contributed by atoms with Gasteiger partial charge in [0.15, 0.2) is 6.29 Å². The van der Waals surface area contributed by atoms with Crippen molar-refractivity contribution >= 4 is 5.97 Å². The van der Waals surface area contributed by atoms with Crippen molar-refractivity contribution in [2.45, 2.75) is 25.4 Å². The molecule has 1 fully saturated rings. The molecule has 0 radical (unpaired) electrons. The second-order valence-electron chi connectivity index (χ2n) is 2.77. The molecule has 5 heteroatoms. The number of rotatable bonds is 2. The van der Waals surface area contributed by atoms with Crippen LogP contribution in [0.25, 0.3) is 0 Å². The van der Waals surface area contributed by atoms with Gasteiger partial charge in [0.2, 0.25) is 0 Å². The number of carboxylic acid groups (broad SMARTS) is 1. The van der Waals surface area contributed by atoms with Crippen LogP contribution in [0.2, 0.25) is 0 Å². The molecule has 2 unspecified atom stereocenters. The van der Waals surface area contributed by atoms with Crippen molar-refractivity contribution in [3.05, 3.63) is 12.2 Å². The number of ether oxygens (including phenoxy) is 2. The first-order valence-corrected chi connectivity index (χ1v) is 3.96. The molecule has 0 aromatic heterocycles. The lowest BCUT2D eigenvalue weighted by molar-refractivity contribution is -0.230. The molecule has 0 aliphatic carbocycles. The summed E-state index contributed by atoms with van der Waals surface area (Å²) in [5.41, 5.74) is 0. The smallest absolute Gasteiger partial charge is 0.328 e. The maximum atomic E-state index is 10.2. The fraction of sp³-hybridized carbons (Fsp3) is 0.625. The summed E-state index contributed by atoms with van der Waals surface area (Å²) < 4.78 is 10.1. The molecular formula is C8H12O5. The van der Waals surface area contributed by atoms with E-state index in [0.717, 1.165) is 6.08 Å². The minimum absolute atomic E-state index is 0.162. The molecule has 13 heavy (non-hydrogen) atoms. The van der Waals surface area contributed by atoms with E-state index in [1.165, 1.54) is 6.08 Å². The summed E-state index contributed by atoms with van der Waals surface area (Å²) in [6, 6.07) is 0. The van der Waals surface area contributed by atoms with Crippen LogP contribution < -0.4 is 0 Å². The Labute approximate surface area is 75.6 Å². The van der Waals surface area contributed by atoms with Crippen LogP contribution in [0, 0.1) is 0 Å². The van der Waals surface area contributed by atoms with Crippen LogP contribution in [0.4, 0.5) is 0 Å². The number of carbonyl (C=O) groups is 1. The second kappa shape index (κ2) is 4.36. The van der Waals surface area contributed by atoms with E-state index < -0.39 is 24.5 Å². The maximum Gasteiger partial charge on any atom is 0.328 e. The Morgan fingerprint density at radius 2 is 2.31 bits per heavy atom. The van der Waals surface area contributed by atoms with Crippen LogP contribution in [0.3, 0.4) is 0 Å². The van der Waals surface area contributed by atoms with Gasteiger partial charge in [-0.05, 0) is 13.0 Å². The number of aliphatic hydroxyl groups excluding tert-OH is 1. The first kappa shape index (κ1) is 10.2. The Balaban J connectivity index is 2.51. The standard InChI is InChI=1S/C8H12O5/c1-5-12-4-6(9)7(13-5)2-3-8(10)11/h2-3,5-7,9H,4H2,1H3,(H,10,11)/b3-2+/t5-,6?,7?/m1/s1. The molecule has 74 valence electrons. The van der Waals surface area contributed by atoms with Crippen molar-refractivity contribution in [3.63, 3.8) is 0 Å². The molecule has 1 saturated heterocycles. The predicted molar refractivity (Wildman–Crippen MR) is 43.1 cm³/mol. The summed E-state index contributed by atoms with van der Waals surface area (Å²) >= 11 is 0. The number of aliphatic carboxylic acids is 1. The summed E-state index contributed by atoms with van der Waals surface area (Å²) in [5.74, 6) is -1.06. The normalized spacial score (nSPS) is 35.1. The van der Waals surface area contributed by atoms with Gasteiger partial charge in [0.25, 0.3) is 0 Å². The van der Waals surface area contributed by atoms with Crippen molar-refractivity contribution < 1.29 is 24.5 Å². The number of aliphatic hydroxyl groups is 1. The molecule has 1 aliphatic rings. The molecule has 5 nitrogen and oxygen atoms in total. The summed E-state index contributed by atoms with van der Waals surface area (Å²) in [5, 5.41) is 17.6. The largest absolute Gasteiger partial charge is 0.478 e. The van der Waals surface area contributed by atoms with Gasteiger partial charge in [-0.2, -0.15) is 0 Å². The predicted octanol–water partition coefficient (Wildman–Crippen LogP) is -0.251. The Bertz CT molecular complexity index is 213. The Hall–Kier alpha value is -0.910. The first-order valence-electron chi connectivity index (χ1n) is 3.96. The first-order chi connectivity index (χ1) is 6.09. The van der Waals surface area contributed by atoms with Crippen LogP contribution in [0.15, 0.2) is 12.2 Å². The third-order valence-electron chi connectivity index (χ3n) is 1.66. The Morgan fingerprint density at radius 1 is 1.62 bits per heavy atom. The minimum atomic E-state index is -1.06. The van der Waals surface area contributed by atoms with Crippen molar-refractivity contribution in [2.75, 3.05) is 6.61 Å². The van der Waals surface area contributed by atoms with Crippen LogP contribution in [-0.2, 0) is 14.3 Å². The zero-order valence-electron chi connectivity index (χ0n) is 7.21. The Morgan fingerprint density at radius 3 is 2.92 bits per heavy atom. The summed E-state index contributed by atoms with van der Waals surface area (Å²) in [7, 11) is 0. The molecular weight excluding hydrogens is 176 g/mol. The molecule has 0 saturated carbocycles. The fourth-order valence-corrected chi connectivity index (χ4v) is 1.03. The number of carboxylic acids is 1. The van der Waals surface area contributed by atoms with E-state index in [2.05, 4.69) is 0 Å². The second-order valence-corrected chi connectivity index (χ2v) is 2.77. The molecule has 0 bridgehead atoms. The van der Waals surface area contributed by atoms with Crippen LogP contribution in [0.1, 0.15) is 6.92 Å². The van der Waals surface area contributed by atoms with Crippen LogP contribution in [-0.4, -0.2) is 41.3 Å². The van der Waals surface area contributed by atoms with Crippen molar-refractivity contribution in [2.24, 2.45) is 0 Å². The summed E-state index contributed by atoms with van der Waals surface area (Å²) in [6.45, 7) is 1.85. The zero-order chi connectivity index (χ0) is 9.84. The monoisotopic (exact) mass is 188 g/mol. The third-order valence-corrected chi connectivity index (χ3v) is 1.66. The molecule has 2 N–H and O–H groups in total. The van der Waals surface area contributed by atoms with E-state index in [9.17, 15) is 9.90 Å². The van der Waals surface area contributed by atoms with E-state index in [1.807, 2.05) is 0 Å². The fourth-order valence-electron chi connectivity index (χ4n) is 1.03. The molecule has 0 amide bonds. The van der Waals surface area contributed by atoms with Gasteiger partial charge in [-0.15, -0.1) is 0 Å². The highest BCUT2D eigenvalue weighted by Crippen LogP contribution is 2.13. The molecule has 3 atom stereocenters. The van der Waals surface area contributed by atoms with Crippen LogP contribution in [0.5, 0.6) is 0 Å². The molecule has 1 heterocycles. The van der Waals surface area contributed by atoms with Gasteiger partial charge in [0, 0.05) is 6.08 Å². The highest BCUT2D eigenvalue weighted by molar-refractivity contribution is 5.79. The highest BCUT2D eigenvalue weighted by atomic mass is 16.7. The third kappa shape index (κ3) is 3.14. The lowest BCUT2D eigenvalue weighted by atomic mass is 10.2. The van der Waals surface area contributed by atoms with Gasteiger partial charge < -0.3 is 19.7 Å². The average Bonchev–Trinajstić information content (AvgIpc) is 2.06. The van der Waals surface area contributed by atoms with Crippen LogP contribution >= 0.6 is 0 Å². The Kier molecular flexibility index (Phi) is 3.41. The molecule has 1 aliphatic heterocycles. The topological polar surface area (TPSA) is 76.0 Å². The molecule has 0 aromatic rings. The van der Waals surface area contributed by atoms with Crippen molar-refractivity contribution in [1.82, 2.24) is 0 Å². The lowest BCUT2D eigenvalue weighted by Gasteiger charge is -2.30.